The molecule has 2 aromatic carbocycles. The van der Waals surface area contributed by atoms with E-state index in [1.165, 1.54) is 0 Å². The molecule has 7 heteroatoms. The molecule has 152 valence electrons. The Morgan fingerprint density at radius 1 is 0.667 bits per heavy atom. The van der Waals surface area contributed by atoms with E-state index in [0.717, 1.165) is 35.3 Å². The molecule has 0 bridgehead atoms. The lowest BCUT2D eigenvalue weighted by Gasteiger charge is -2.08. The van der Waals surface area contributed by atoms with E-state index in [-0.39, 0.29) is 13.2 Å². The molecule has 2 aromatic heterocycles. The molecule has 30 heavy (non-hydrogen) atoms. The SMILES string of the molecule is O=C(OCc1ccc(Cn2ccnc2)cc1)OCc1ccc(Cn2ccnc2)cc1. The minimum Gasteiger partial charge on any atom is -0.429 e. The van der Waals surface area contributed by atoms with Crippen molar-refractivity contribution < 1.29 is 14.3 Å². The van der Waals surface area contributed by atoms with E-state index >= 15 is 0 Å². The standard InChI is InChI=1S/C23H22N4O3/c28-23(29-15-21-5-1-19(2-6-21)13-26-11-9-24-17-26)30-16-22-7-3-20(4-8-22)14-27-12-10-25-18-27/h1-12,17-18H,13-16H2. The lowest BCUT2D eigenvalue weighted by Crippen LogP contribution is -2.07. The van der Waals surface area contributed by atoms with Crippen molar-refractivity contribution in [2.45, 2.75) is 26.3 Å². The third-order valence-corrected chi connectivity index (χ3v) is 4.61. The highest BCUT2D eigenvalue weighted by Gasteiger charge is 2.06. The van der Waals surface area contributed by atoms with E-state index < -0.39 is 6.16 Å². The molecule has 0 radical (unpaired) electrons. The van der Waals surface area contributed by atoms with Crippen LogP contribution in [-0.2, 0) is 35.8 Å². The fraction of sp³-hybridized carbons (Fsp3) is 0.174. The molecule has 0 saturated carbocycles. The van der Waals surface area contributed by atoms with Gasteiger partial charge in [-0.25, -0.2) is 14.8 Å². The zero-order valence-corrected chi connectivity index (χ0v) is 16.4. The van der Waals surface area contributed by atoms with Crippen molar-refractivity contribution in [1.82, 2.24) is 19.1 Å². The molecule has 7 nitrogen and oxygen atoms in total. The van der Waals surface area contributed by atoms with Crippen LogP contribution < -0.4 is 0 Å². The van der Waals surface area contributed by atoms with Crippen LogP contribution in [-0.4, -0.2) is 25.3 Å². The van der Waals surface area contributed by atoms with Crippen molar-refractivity contribution in [3.8, 4) is 0 Å². The Kier molecular flexibility index (Phi) is 6.19. The molecule has 2 heterocycles. The molecular formula is C23H22N4O3. The summed E-state index contributed by atoms with van der Waals surface area (Å²) in [6.45, 7) is 1.86. The molecule has 0 atom stereocenters. The van der Waals surface area contributed by atoms with Gasteiger partial charge in [0.2, 0.25) is 0 Å². The van der Waals surface area contributed by atoms with Crippen molar-refractivity contribution in [1.29, 1.82) is 0 Å². The van der Waals surface area contributed by atoms with Crippen LogP contribution >= 0.6 is 0 Å². The number of aromatic nitrogens is 4. The maximum absolute atomic E-state index is 11.9. The summed E-state index contributed by atoms with van der Waals surface area (Å²) in [6.07, 6.45) is 10.2. The summed E-state index contributed by atoms with van der Waals surface area (Å²) in [4.78, 5) is 19.9. The summed E-state index contributed by atoms with van der Waals surface area (Å²) >= 11 is 0. The molecule has 0 fully saturated rings. The van der Waals surface area contributed by atoms with Crippen LogP contribution in [0.1, 0.15) is 22.3 Å². The normalized spacial score (nSPS) is 10.7. The van der Waals surface area contributed by atoms with Crippen LogP contribution in [0.4, 0.5) is 4.79 Å². The van der Waals surface area contributed by atoms with Gasteiger partial charge in [-0.15, -0.1) is 0 Å². The molecule has 0 N–H and O–H groups in total. The number of ether oxygens (including phenoxy) is 2. The number of hydrogen-bond acceptors (Lipinski definition) is 5. The number of imidazole rings is 2. The average molecular weight is 402 g/mol. The Bertz CT molecular complexity index is 955. The largest absolute Gasteiger partial charge is 0.508 e. The summed E-state index contributed by atoms with van der Waals surface area (Å²) in [5, 5.41) is 0. The zero-order valence-electron chi connectivity index (χ0n) is 16.4. The van der Waals surface area contributed by atoms with E-state index in [2.05, 4.69) is 9.97 Å². The zero-order chi connectivity index (χ0) is 20.6. The topological polar surface area (TPSA) is 71.2 Å². The first kappa shape index (κ1) is 19.4. The van der Waals surface area contributed by atoms with E-state index in [1.807, 2.05) is 70.1 Å². The number of hydrogen-bond donors (Lipinski definition) is 0. The maximum atomic E-state index is 11.9. The first-order valence-corrected chi connectivity index (χ1v) is 9.61. The third-order valence-electron chi connectivity index (χ3n) is 4.61. The molecule has 0 unspecified atom stereocenters. The van der Waals surface area contributed by atoms with E-state index in [1.54, 1.807) is 25.0 Å². The first-order valence-electron chi connectivity index (χ1n) is 9.61. The fourth-order valence-corrected chi connectivity index (χ4v) is 2.99. The van der Waals surface area contributed by atoms with Gasteiger partial charge in [-0.3, -0.25) is 0 Å². The van der Waals surface area contributed by atoms with Crippen LogP contribution in [0.2, 0.25) is 0 Å². The quantitative estimate of drug-likeness (QED) is 0.416. The van der Waals surface area contributed by atoms with Gasteiger partial charge in [-0.05, 0) is 22.3 Å². The Balaban J connectivity index is 1.19. The highest BCUT2D eigenvalue weighted by molar-refractivity contribution is 5.60. The van der Waals surface area contributed by atoms with Crippen molar-refractivity contribution in [3.63, 3.8) is 0 Å². The maximum Gasteiger partial charge on any atom is 0.508 e. The molecule has 0 amide bonds. The van der Waals surface area contributed by atoms with Gasteiger partial charge in [0.05, 0.1) is 12.7 Å². The van der Waals surface area contributed by atoms with Crippen molar-refractivity contribution in [3.05, 3.63) is 108 Å². The van der Waals surface area contributed by atoms with Crippen LogP contribution in [0.3, 0.4) is 0 Å². The smallest absolute Gasteiger partial charge is 0.429 e. The summed E-state index contributed by atoms with van der Waals surface area (Å²) < 4.78 is 14.4. The monoisotopic (exact) mass is 402 g/mol. The number of benzene rings is 2. The second-order valence-corrected chi connectivity index (χ2v) is 6.93. The molecule has 0 aliphatic carbocycles. The van der Waals surface area contributed by atoms with E-state index in [4.69, 9.17) is 9.47 Å². The molecular weight excluding hydrogens is 380 g/mol. The van der Waals surface area contributed by atoms with Crippen molar-refractivity contribution >= 4 is 6.16 Å². The predicted molar refractivity (Wildman–Crippen MR) is 111 cm³/mol. The average Bonchev–Trinajstić information content (AvgIpc) is 3.47. The van der Waals surface area contributed by atoms with Gasteiger partial charge in [0.25, 0.3) is 0 Å². The molecule has 0 aliphatic rings. The third kappa shape index (κ3) is 5.57. The predicted octanol–water partition coefficient (Wildman–Crippen LogP) is 4.03. The number of nitrogens with zero attached hydrogens (tertiary/aromatic N) is 4. The Hall–Kier alpha value is -3.87. The minimum atomic E-state index is -0.681. The van der Waals surface area contributed by atoms with Crippen LogP contribution in [0.5, 0.6) is 0 Å². The van der Waals surface area contributed by atoms with Gasteiger partial charge in [0, 0.05) is 37.9 Å². The minimum absolute atomic E-state index is 0.175. The van der Waals surface area contributed by atoms with Gasteiger partial charge in [-0.2, -0.15) is 0 Å². The fourth-order valence-electron chi connectivity index (χ4n) is 2.99. The molecule has 4 rings (SSSR count). The number of carbonyl (C=O) groups is 1. The summed E-state index contributed by atoms with van der Waals surface area (Å²) in [6, 6.07) is 15.8. The van der Waals surface area contributed by atoms with Gasteiger partial charge < -0.3 is 18.6 Å². The van der Waals surface area contributed by atoms with Gasteiger partial charge in [0.1, 0.15) is 13.2 Å². The van der Waals surface area contributed by atoms with Crippen LogP contribution in [0.15, 0.2) is 86.0 Å². The second-order valence-electron chi connectivity index (χ2n) is 6.93. The molecule has 0 spiro atoms. The number of carbonyl (C=O) groups excluding carboxylic acids is 1. The van der Waals surface area contributed by atoms with Gasteiger partial charge in [-0.1, -0.05) is 48.5 Å². The Morgan fingerprint density at radius 2 is 1.07 bits per heavy atom. The highest BCUT2D eigenvalue weighted by Crippen LogP contribution is 2.10. The highest BCUT2D eigenvalue weighted by atomic mass is 16.7. The van der Waals surface area contributed by atoms with Crippen LogP contribution in [0.25, 0.3) is 0 Å². The Morgan fingerprint density at radius 3 is 1.43 bits per heavy atom. The molecule has 0 saturated heterocycles. The van der Waals surface area contributed by atoms with Gasteiger partial charge in [0.15, 0.2) is 0 Å². The van der Waals surface area contributed by atoms with E-state index in [9.17, 15) is 4.79 Å². The molecule has 0 aliphatic heterocycles. The summed E-state index contributed by atoms with van der Waals surface area (Å²) in [5.41, 5.74) is 4.11. The summed E-state index contributed by atoms with van der Waals surface area (Å²) in [5.74, 6) is 0. The second kappa shape index (κ2) is 9.56. The first-order chi connectivity index (χ1) is 14.7. The lowest BCUT2D eigenvalue weighted by atomic mass is 10.1. The number of rotatable bonds is 8. The lowest BCUT2D eigenvalue weighted by molar-refractivity contribution is 0.0446. The summed E-state index contributed by atoms with van der Waals surface area (Å²) in [7, 11) is 0. The van der Waals surface area contributed by atoms with Crippen molar-refractivity contribution in [2.75, 3.05) is 0 Å². The van der Waals surface area contributed by atoms with Gasteiger partial charge >= 0.3 is 6.16 Å². The van der Waals surface area contributed by atoms with E-state index in [0.29, 0.717) is 0 Å². The Labute approximate surface area is 174 Å². The molecule has 4 aromatic rings. The van der Waals surface area contributed by atoms with Crippen molar-refractivity contribution in [2.24, 2.45) is 0 Å². The van der Waals surface area contributed by atoms with Crippen LogP contribution in [0, 0.1) is 0 Å².